The van der Waals surface area contributed by atoms with E-state index in [2.05, 4.69) is 26.6 Å². The Hall–Kier alpha value is -1.94. The molecule has 0 bridgehead atoms. The topological polar surface area (TPSA) is 80.3 Å². The Kier molecular flexibility index (Phi) is 3.12. The number of hydrogen-bond donors (Lipinski definition) is 0. The van der Waals surface area contributed by atoms with Gasteiger partial charge in [-0.2, -0.15) is 5.26 Å². The van der Waals surface area contributed by atoms with E-state index in [1.54, 1.807) is 17.9 Å². The van der Waals surface area contributed by atoms with Crippen molar-refractivity contribution in [3.8, 4) is 6.07 Å². The molecule has 0 saturated carbocycles. The third kappa shape index (κ3) is 2.17. The molecule has 0 atom stereocenters. The van der Waals surface area contributed by atoms with Gasteiger partial charge >= 0.3 is 0 Å². The molecule has 0 fully saturated rings. The minimum atomic E-state index is 0.449. The number of tetrazole rings is 1. The van der Waals surface area contributed by atoms with Crippen molar-refractivity contribution in [3.63, 3.8) is 0 Å². The lowest BCUT2D eigenvalue weighted by Crippen LogP contribution is -1.95. The normalized spacial score (nSPS) is 10.0. The second-order valence-electron chi connectivity index (χ2n) is 3.00. The number of nitriles is 1. The molecule has 2 aromatic heterocycles. The van der Waals surface area contributed by atoms with E-state index in [1.807, 2.05) is 12.1 Å². The number of thioether (sulfide) groups is 1. The van der Waals surface area contributed by atoms with Crippen molar-refractivity contribution < 1.29 is 0 Å². The summed E-state index contributed by atoms with van der Waals surface area (Å²) in [6, 6.07) is 5.75. The number of aryl methyl sites for hydroxylation is 1. The monoisotopic (exact) mass is 232 g/mol. The van der Waals surface area contributed by atoms with Gasteiger partial charge in [0.25, 0.3) is 0 Å². The van der Waals surface area contributed by atoms with Crippen LogP contribution in [0.2, 0.25) is 0 Å². The van der Waals surface area contributed by atoms with E-state index in [9.17, 15) is 0 Å². The summed E-state index contributed by atoms with van der Waals surface area (Å²) in [7, 11) is 1.77. The Bertz CT molecular complexity index is 529. The molecule has 0 saturated heterocycles. The fourth-order valence-electron chi connectivity index (χ4n) is 1.14. The Labute approximate surface area is 96.3 Å². The van der Waals surface area contributed by atoms with Gasteiger partial charge in [0, 0.05) is 19.0 Å². The molecule has 6 nitrogen and oxygen atoms in total. The summed E-state index contributed by atoms with van der Waals surface area (Å²) in [6.07, 6.45) is 1.61. The zero-order chi connectivity index (χ0) is 11.4. The zero-order valence-corrected chi connectivity index (χ0v) is 9.35. The van der Waals surface area contributed by atoms with Gasteiger partial charge in [-0.25, -0.2) is 9.67 Å². The SMILES string of the molecule is Cn1nnnc1SCc1cccnc1C#N. The van der Waals surface area contributed by atoms with E-state index in [0.717, 1.165) is 5.56 Å². The number of nitrogens with zero attached hydrogens (tertiary/aromatic N) is 6. The van der Waals surface area contributed by atoms with E-state index in [1.165, 1.54) is 11.8 Å². The van der Waals surface area contributed by atoms with E-state index < -0.39 is 0 Å². The van der Waals surface area contributed by atoms with Gasteiger partial charge < -0.3 is 0 Å². The standard InChI is InChI=1S/C9H8N6S/c1-15-9(12-13-14-15)16-6-7-3-2-4-11-8(7)5-10/h2-4H,6H2,1H3. The van der Waals surface area contributed by atoms with Gasteiger partial charge in [0.1, 0.15) is 11.8 Å². The molecule has 0 spiro atoms. The zero-order valence-electron chi connectivity index (χ0n) is 8.53. The van der Waals surface area contributed by atoms with Crippen LogP contribution in [0.3, 0.4) is 0 Å². The third-order valence-corrected chi connectivity index (χ3v) is 2.99. The lowest BCUT2D eigenvalue weighted by molar-refractivity contribution is 0.664. The number of pyridine rings is 1. The van der Waals surface area contributed by atoms with Crippen molar-refractivity contribution in [2.45, 2.75) is 10.9 Å². The molecule has 2 heterocycles. The first-order valence-electron chi connectivity index (χ1n) is 4.50. The maximum absolute atomic E-state index is 8.86. The number of rotatable bonds is 3. The van der Waals surface area contributed by atoms with E-state index in [4.69, 9.17) is 5.26 Å². The molecule has 7 heteroatoms. The summed E-state index contributed by atoms with van der Waals surface area (Å²) in [5.74, 6) is 0.630. The Morgan fingerprint density at radius 1 is 1.56 bits per heavy atom. The minimum absolute atomic E-state index is 0.449. The van der Waals surface area contributed by atoms with Gasteiger partial charge in [0.05, 0.1) is 0 Å². The van der Waals surface area contributed by atoms with E-state index >= 15 is 0 Å². The van der Waals surface area contributed by atoms with Crippen molar-refractivity contribution in [1.29, 1.82) is 5.26 Å². The second-order valence-corrected chi connectivity index (χ2v) is 3.94. The van der Waals surface area contributed by atoms with Crippen molar-refractivity contribution in [2.75, 3.05) is 0 Å². The van der Waals surface area contributed by atoms with Crippen LogP contribution in [-0.4, -0.2) is 25.2 Å². The highest BCUT2D eigenvalue weighted by Gasteiger charge is 2.06. The fraction of sp³-hybridized carbons (Fsp3) is 0.222. The molecule has 0 N–H and O–H groups in total. The summed E-state index contributed by atoms with van der Waals surface area (Å²) in [4.78, 5) is 3.99. The molecule has 0 radical (unpaired) electrons. The number of aromatic nitrogens is 5. The van der Waals surface area contributed by atoms with Crippen LogP contribution in [0.1, 0.15) is 11.3 Å². The Balaban J connectivity index is 2.11. The summed E-state index contributed by atoms with van der Waals surface area (Å²) in [5.41, 5.74) is 1.34. The van der Waals surface area contributed by atoms with Gasteiger partial charge in [0.2, 0.25) is 5.16 Å². The van der Waals surface area contributed by atoms with Gasteiger partial charge in [-0.3, -0.25) is 0 Å². The largest absolute Gasteiger partial charge is 0.245 e. The van der Waals surface area contributed by atoms with E-state index in [-0.39, 0.29) is 0 Å². The quantitative estimate of drug-likeness (QED) is 0.727. The first-order valence-corrected chi connectivity index (χ1v) is 5.49. The summed E-state index contributed by atoms with van der Waals surface area (Å²) in [5, 5.41) is 20.7. The highest BCUT2D eigenvalue weighted by Crippen LogP contribution is 2.20. The van der Waals surface area contributed by atoms with Crippen LogP contribution in [0, 0.1) is 11.3 Å². The van der Waals surface area contributed by atoms with Gasteiger partial charge in [-0.1, -0.05) is 17.8 Å². The fourth-order valence-corrected chi connectivity index (χ4v) is 1.98. The molecular weight excluding hydrogens is 224 g/mol. The molecule has 0 amide bonds. The minimum Gasteiger partial charge on any atom is -0.245 e. The summed E-state index contributed by atoms with van der Waals surface area (Å²) >= 11 is 1.47. The average molecular weight is 232 g/mol. The molecule has 0 aliphatic carbocycles. The second kappa shape index (κ2) is 4.72. The predicted molar refractivity (Wildman–Crippen MR) is 57.3 cm³/mol. The van der Waals surface area contributed by atoms with Crippen LogP contribution in [0.15, 0.2) is 23.5 Å². The smallest absolute Gasteiger partial charge is 0.209 e. The van der Waals surface area contributed by atoms with Crippen LogP contribution in [-0.2, 0) is 12.8 Å². The third-order valence-electron chi connectivity index (χ3n) is 1.94. The van der Waals surface area contributed by atoms with Crippen molar-refractivity contribution >= 4 is 11.8 Å². The molecule has 2 rings (SSSR count). The van der Waals surface area contributed by atoms with Crippen LogP contribution < -0.4 is 0 Å². The van der Waals surface area contributed by atoms with Gasteiger partial charge in [0.15, 0.2) is 0 Å². The van der Waals surface area contributed by atoms with Crippen molar-refractivity contribution in [1.82, 2.24) is 25.2 Å². The van der Waals surface area contributed by atoms with Crippen molar-refractivity contribution in [3.05, 3.63) is 29.6 Å². The Morgan fingerprint density at radius 2 is 2.44 bits per heavy atom. The first-order chi connectivity index (χ1) is 7.81. The van der Waals surface area contributed by atoms with Crippen LogP contribution in [0.4, 0.5) is 0 Å². The van der Waals surface area contributed by atoms with E-state index in [0.29, 0.717) is 16.6 Å². The predicted octanol–water partition coefficient (Wildman–Crippen LogP) is 0.769. The molecule has 0 aromatic carbocycles. The molecule has 16 heavy (non-hydrogen) atoms. The van der Waals surface area contributed by atoms with Crippen LogP contribution in [0.5, 0.6) is 0 Å². The van der Waals surface area contributed by atoms with Crippen LogP contribution in [0.25, 0.3) is 0 Å². The highest BCUT2D eigenvalue weighted by atomic mass is 32.2. The lowest BCUT2D eigenvalue weighted by atomic mass is 10.2. The van der Waals surface area contributed by atoms with Crippen molar-refractivity contribution in [2.24, 2.45) is 7.05 Å². The van der Waals surface area contributed by atoms with Gasteiger partial charge in [-0.15, -0.1) is 5.10 Å². The van der Waals surface area contributed by atoms with Gasteiger partial charge in [-0.05, 0) is 22.1 Å². The average Bonchev–Trinajstić information content (AvgIpc) is 2.72. The highest BCUT2D eigenvalue weighted by molar-refractivity contribution is 7.98. The molecular formula is C9H8N6S. The maximum atomic E-state index is 8.86. The first kappa shape index (κ1) is 10.6. The maximum Gasteiger partial charge on any atom is 0.209 e. The van der Waals surface area contributed by atoms with Crippen LogP contribution >= 0.6 is 11.8 Å². The lowest BCUT2D eigenvalue weighted by Gasteiger charge is -2.01. The molecule has 0 aliphatic heterocycles. The molecule has 0 aliphatic rings. The number of hydrogen-bond acceptors (Lipinski definition) is 6. The Morgan fingerprint density at radius 3 is 3.12 bits per heavy atom. The molecule has 2 aromatic rings. The molecule has 80 valence electrons. The summed E-state index contributed by atoms with van der Waals surface area (Å²) in [6.45, 7) is 0. The summed E-state index contributed by atoms with van der Waals surface area (Å²) < 4.78 is 1.59. The molecule has 0 unspecified atom stereocenters.